The molecule has 286 valence electrons. The third-order valence-corrected chi connectivity index (χ3v) is 13.9. The maximum atomic E-state index is 14.3. The van der Waals surface area contributed by atoms with Crippen LogP contribution < -0.4 is 10.4 Å². The van der Waals surface area contributed by atoms with Gasteiger partial charge in [0.15, 0.2) is 0 Å². The van der Waals surface area contributed by atoms with E-state index < -0.39 is 32.7 Å². The predicted octanol–water partition coefficient (Wildman–Crippen LogP) is 6.37. The molecule has 4 rings (SSSR count). The van der Waals surface area contributed by atoms with Gasteiger partial charge in [0.25, 0.3) is 8.32 Å². The minimum atomic E-state index is -3.02. The molecule has 0 bridgehead atoms. The normalized spacial score (nSPS) is 13.6. The van der Waals surface area contributed by atoms with Crippen LogP contribution in [0, 0.1) is 0 Å². The Labute approximate surface area is 316 Å². The number of carbonyl (C=O) groups excluding carboxylic acids is 1. The maximum absolute atomic E-state index is 14.3. The van der Waals surface area contributed by atoms with Crippen molar-refractivity contribution in [2.24, 2.45) is 0 Å². The number of rotatable bonds is 22. The van der Waals surface area contributed by atoms with Gasteiger partial charge in [-0.1, -0.05) is 142 Å². The van der Waals surface area contributed by atoms with E-state index in [0.29, 0.717) is 0 Å². The Morgan fingerprint density at radius 1 is 0.642 bits per heavy atom. The minimum Gasteiger partial charge on any atom is -0.445 e. The molecule has 0 aliphatic rings. The molecule has 4 aromatic carbocycles. The largest absolute Gasteiger partial charge is 0.445 e. The van der Waals surface area contributed by atoms with Crippen molar-refractivity contribution in [1.29, 1.82) is 0 Å². The van der Waals surface area contributed by atoms with Crippen molar-refractivity contribution in [3.8, 4) is 0 Å². The van der Waals surface area contributed by atoms with E-state index in [0.717, 1.165) is 21.5 Å². The molecule has 11 heteroatoms. The van der Waals surface area contributed by atoms with Crippen molar-refractivity contribution in [2.75, 3.05) is 54.9 Å². The van der Waals surface area contributed by atoms with Gasteiger partial charge in [0, 0.05) is 27.9 Å². The van der Waals surface area contributed by atoms with Gasteiger partial charge < -0.3 is 37.6 Å². The molecular weight excluding hydrogens is 691 g/mol. The molecule has 0 radical (unpaired) electrons. The summed E-state index contributed by atoms with van der Waals surface area (Å²) in [5, 5.41) is 1.94. The molecular formula is C42H55NO9Si. The number of carbonyl (C=O) groups is 1. The summed E-state index contributed by atoms with van der Waals surface area (Å²) >= 11 is 0. The van der Waals surface area contributed by atoms with Crippen LogP contribution in [0.25, 0.3) is 0 Å². The summed E-state index contributed by atoms with van der Waals surface area (Å²) in [6.45, 7) is 6.92. The van der Waals surface area contributed by atoms with Crippen molar-refractivity contribution in [2.45, 2.75) is 57.2 Å². The second-order valence-corrected chi connectivity index (χ2v) is 17.9. The summed E-state index contributed by atoms with van der Waals surface area (Å²) in [6.07, 6.45) is -2.15. The van der Waals surface area contributed by atoms with E-state index in [-0.39, 0.29) is 51.8 Å². The first-order chi connectivity index (χ1) is 25.7. The molecule has 0 saturated carbocycles. The molecule has 10 nitrogen and oxygen atoms in total. The first kappa shape index (κ1) is 41.8. The fraction of sp³-hybridized carbons (Fsp3) is 0.405. The van der Waals surface area contributed by atoms with Crippen LogP contribution in [0.3, 0.4) is 0 Å². The zero-order valence-electron chi connectivity index (χ0n) is 31.9. The third kappa shape index (κ3) is 11.8. The van der Waals surface area contributed by atoms with Gasteiger partial charge >= 0.3 is 6.09 Å². The van der Waals surface area contributed by atoms with Crippen molar-refractivity contribution in [3.63, 3.8) is 0 Å². The van der Waals surface area contributed by atoms with E-state index in [4.69, 9.17) is 37.6 Å². The summed E-state index contributed by atoms with van der Waals surface area (Å²) in [4.78, 5) is 15.9. The van der Waals surface area contributed by atoms with Gasteiger partial charge in [-0.25, -0.2) is 4.79 Å². The molecule has 0 saturated heterocycles. The van der Waals surface area contributed by atoms with Gasteiger partial charge in [0.1, 0.15) is 39.2 Å². The van der Waals surface area contributed by atoms with Gasteiger partial charge in [-0.05, 0) is 26.5 Å². The van der Waals surface area contributed by atoms with E-state index in [1.165, 1.54) is 0 Å². The minimum absolute atomic E-state index is 0.00606. The molecule has 0 heterocycles. The molecule has 0 unspecified atom stereocenters. The lowest BCUT2D eigenvalue weighted by Crippen LogP contribution is -2.67. The predicted molar refractivity (Wildman–Crippen MR) is 207 cm³/mol. The van der Waals surface area contributed by atoms with Crippen molar-refractivity contribution in [3.05, 3.63) is 132 Å². The van der Waals surface area contributed by atoms with Crippen LogP contribution in [0.1, 0.15) is 31.9 Å². The van der Waals surface area contributed by atoms with E-state index in [1.807, 2.05) is 97.1 Å². The SMILES string of the molecule is COCOC[C@H]([C@H](OCOC)[C@H](CO[Si](c1ccccc1)(c1ccccc1)C(C)(C)C)OCOC)N(Cc1ccccc1)C(=O)OCc1ccccc1. The number of nitrogens with zero attached hydrogens (tertiary/aromatic N) is 1. The lowest BCUT2D eigenvalue weighted by Gasteiger charge is -2.45. The van der Waals surface area contributed by atoms with Crippen LogP contribution in [-0.4, -0.2) is 92.5 Å². The van der Waals surface area contributed by atoms with E-state index in [2.05, 4.69) is 45.0 Å². The molecule has 0 N–H and O–H groups in total. The summed E-state index contributed by atoms with van der Waals surface area (Å²) in [7, 11) is 1.64. The fourth-order valence-corrected chi connectivity index (χ4v) is 11.1. The van der Waals surface area contributed by atoms with Gasteiger partial charge in [-0.2, -0.15) is 0 Å². The van der Waals surface area contributed by atoms with Crippen molar-refractivity contribution in [1.82, 2.24) is 4.90 Å². The third-order valence-electron chi connectivity index (χ3n) is 8.93. The highest BCUT2D eigenvalue weighted by atomic mass is 28.4. The van der Waals surface area contributed by atoms with E-state index in [1.54, 1.807) is 26.2 Å². The number of hydrogen-bond acceptors (Lipinski definition) is 9. The van der Waals surface area contributed by atoms with Crippen LogP contribution in [-0.2, 0) is 50.7 Å². The van der Waals surface area contributed by atoms with Gasteiger partial charge in [-0.3, -0.25) is 4.90 Å². The van der Waals surface area contributed by atoms with Crippen LogP contribution in [0.5, 0.6) is 0 Å². The molecule has 3 atom stereocenters. The highest BCUT2D eigenvalue weighted by Gasteiger charge is 2.51. The molecule has 0 aromatic heterocycles. The first-order valence-electron chi connectivity index (χ1n) is 17.8. The summed E-state index contributed by atoms with van der Waals surface area (Å²) in [5.41, 5.74) is 1.75. The standard InChI is InChI=1S/C42H55NO9Si/c1-42(2,3)53(36-23-15-9-16-24-36,37-25-17-10-18-26-37)52-30-39(50-32-46-5)40(51-33-47-6)38(29-48-31-45-4)43(27-34-19-11-7-12-20-34)41(44)49-28-35-21-13-8-14-22-35/h7-26,38-40H,27-33H2,1-6H3/t38-,39+,40+/m1/s1. The lowest BCUT2D eigenvalue weighted by atomic mass is 10.0. The Bertz CT molecular complexity index is 1540. The number of ether oxygens (including phenoxy) is 7. The number of benzene rings is 4. The zero-order valence-corrected chi connectivity index (χ0v) is 32.9. The van der Waals surface area contributed by atoms with E-state index in [9.17, 15) is 4.79 Å². The number of hydrogen-bond donors (Lipinski definition) is 0. The molecule has 0 fully saturated rings. The van der Waals surface area contributed by atoms with E-state index >= 15 is 0 Å². The molecule has 53 heavy (non-hydrogen) atoms. The van der Waals surface area contributed by atoms with Crippen LogP contribution in [0.4, 0.5) is 4.79 Å². The van der Waals surface area contributed by atoms with Gasteiger partial charge in [-0.15, -0.1) is 0 Å². The Kier molecular flexibility index (Phi) is 17.1. The van der Waals surface area contributed by atoms with Crippen molar-refractivity contribution >= 4 is 24.8 Å². The molecule has 4 aromatic rings. The topological polar surface area (TPSA) is 94.2 Å². The number of amides is 1. The first-order valence-corrected chi connectivity index (χ1v) is 19.7. The van der Waals surface area contributed by atoms with Crippen LogP contribution in [0.15, 0.2) is 121 Å². The highest BCUT2D eigenvalue weighted by molar-refractivity contribution is 6.99. The second kappa shape index (κ2) is 21.7. The second-order valence-electron chi connectivity index (χ2n) is 13.6. The van der Waals surface area contributed by atoms with Gasteiger partial charge in [0.2, 0.25) is 0 Å². The maximum Gasteiger partial charge on any atom is 0.410 e. The average Bonchev–Trinajstić information content (AvgIpc) is 3.18. The van der Waals surface area contributed by atoms with Crippen LogP contribution >= 0.6 is 0 Å². The van der Waals surface area contributed by atoms with Crippen molar-refractivity contribution < 1.29 is 42.4 Å². The Balaban J connectivity index is 1.80. The fourth-order valence-electron chi connectivity index (χ4n) is 6.49. The molecule has 1 amide bonds. The Morgan fingerprint density at radius 2 is 1.13 bits per heavy atom. The van der Waals surface area contributed by atoms with Crippen LogP contribution in [0.2, 0.25) is 5.04 Å². The molecule has 0 aliphatic heterocycles. The van der Waals surface area contributed by atoms with Gasteiger partial charge in [0.05, 0.1) is 19.3 Å². The zero-order chi connectivity index (χ0) is 37.9. The monoisotopic (exact) mass is 745 g/mol. The molecule has 0 spiro atoms. The Hall–Kier alpha value is -3.91. The summed E-state index contributed by atoms with van der Waals surface area (Å²) in [5.74, 6) is 0. The molecule has 0 aliphatic carbocycles. The summed E-state index contributed by atoms with van der Waals surface area (Å²) in [6, 6.07) is 39.3. The average molecular weight is 746 g/mol. The quantitative estimate of drug-likeness (QED) is 0.0517. The smallest absolute Gasteiger partial charge is 0.410 e. The lowest BCUT2D eigenvalue weighted by molar-refractivity contribution is -0.191. The number of methoxy groups -OCH3 is 3. The Morgan fingerprint density at radius 3 is 1.64 bits per heavy atom. The highest BCUT2D eigenvalue weighted by Crippen LogP contribution is 2.37. The summed E-state index contributed by atoms with van der Waals surface area (Å²) < 4.78 is 48.5.